The van der Waals surface area contributed by atoms with Crippen molar-refractivity contribution in [2.75, 3.05) is 0 Å². The van der Waals surface area contributed by atoms with E-state index < -0.39 is 0 Å². The fraction of sp³-hybridized carbons (Fsp3) is 0.0222. The Morgan fingerprint density at radius 2 is 1.37 bits per heavy atom. The van der Waals surface area contributed by atoms with Gasteiger partial charge in [-0.1, -0.05) is 114 Å². The first-order valence-corrected chi connectivity index (χ1v) is 16.8. The van der Waals surface area contributed by atoms with Gasteiger partial charge in [0.05, 0.1) is 5.52 Å². The quantitative estimate of drug-likeness (QED) is 0.165. The van der Waals surface area contributed by atoms with Crippen LogP contribution in [-0.4, -0.2) is 9.97 Å². The standard InChI is InChI=1S/C23H14NS.C22H16N.Pt/c1-3-9-16(10-4-1)21-15-19-18-13-7-8-14-20(18)24-22(23(19)25-21)17-11-5-2-6-12-17;1-16-6-8-18(9-7-16)20-12-13-23-22(15-20)21-11-10-17-4-2-3-5-19(17)14-21;/h1-11,13-15H;2-13,15H,1H3;/q2*-1;+2. The maximum Gasteiger partial charge on any atom is 2.00 e. The molecule has 0 unspecified atom stereocenters. The molecule has 0 saturated heterocycles. The van der Waals surface area contributed by atoms with Crippen LogP contribution in [-0.2, 0) is 21.1 Å². The van der Waals surface area contributed by atoms with Crippen LogP contribution < -0.4 is 0 Å². The van der Waals surface area contributed by atoms with Crippen LogP contribution in [0.1, 0.15) is 5.56 Å². The van der Waals surface area contributed by atoms with Crippen molar-refractivity contribution in [2.24, 2.45) is 0 Å². The topological polar surface area (TPSA) is 25.8 Å². The van der Waals surface area contributed by atoms with Gasteiger partial charge in [0.2, 0.25) is 0 Å². The summed E-state index contributed by atoms with van der Waals surface area (Å²) in [4.78, 5) is 10.8. The molecular formula is C45H30N2PtS. The Hall–Kier alpha value is -5.21. The fourth-order valence-electron chi connectivity index (χ4n) is 5.97. The Morgan fingerprint density at radius 3 is 2.20 bits per heavy atom. The third kappa shape index (κ3) is 6.87. The fourth-order valence-corrected chi connectivity index (χ4v) is 7.16. The van der Waals surface area contributed by atoms with E-state index in [1.165, 1.54) is 48.0 Å². The van der Waals surface area contributed by atoms with Crippen molar-refractivity contribution in [3.63, 3.8) is 0 Å². The SMILES string of the molecule is Cc1ccc(-c2ccnc(-c3[c-]c4ccccc4cc3)c2)cc1.[Pt+2].[c-]1ccccc1-c1nc2ccccc2c2cc(-c3ccccc3)sc12. The molecule has 2 nitrogen and oxygen atoms in total. The van der Waals surface area contributed by atoms with E-state index in [1.54, 1.807) is 11.3 Å². The van der Waals surface area contributed by atoms with Crippen molar-refractivity contribution >= 4 is 43.1 Å². The molecule has 0 radical (unpaired) electrons. The molecule has 0 atom stereocenters. The second-order valence-electron chi connectivity index (χ2n) is 11.7. The first-order chi connectivity index (χ1) is 23.7. The van der Waals surface area contributed by atoms with Gasteiger partial charge < -0.3 is 0 Å². The zero-order valence-corrected chi connectivity index (χ0v) is 29.8. The smallest absolute Gasteiger partial charge is 0.295 e. The third-order valence-electron chi connectivity index (χ3n) is 8.48. The van der Waals surface area contributed by atoms with Crippen molar-refractivity contribution in [3.8, 4) is 44.1 Å². The van der Waals surface area contributed by atoms with E-state index in [1.807, 2.05) is 42.6 Å². The summed E-state index contributed by atoms with van der Waals surface area (Å²) in [5, 5.41) is 4.79. The predicted molar refractivity (Wildman–Crippen MR) is 203 cm³/mol. The summed E-state index contributed by atoms with van der Waals surface area (Å²) in [5.74, 6) is 0. The zero-order valence-electron chi connectivity index (χ0n) is 26.7. The molecule has 0 amide bonds. The van der Waals surface area contributed by atoms with E-state index in [9.17, 15) is 0 Å². The van der Waals surface area contributed by atoms with Gasteiger partial charge in [-0.15, -0.1) is 76.9 Å². The summed E-state index contributed by atoms with van der Waals surface area (Å²) in [7, 11) is 0. The maximum atomic E-state index is 4.96. The molecule has 0 saturated carbocycles. The molecule has 0 spiro atoms. The Morgan fingerprint density at radius 1 is 0.592 bits per heavy atom. The Bertz CT molecular complexity index is 2510. The number of aryl methyl sites for hydroxylation is 1. The van der Waals surface area contributed by atoms with Crippen LogP contribution in [0.25, 0.3) is 75.8 Å². The van der Waals surface area contributed by atoms with Gasteiger partial charge >= 0.3 is 21.1 Å². The van der Waals surface area contributed by atoms with Gasteiger partial charge in [0.25, 0.3) is 0 Å². The minimum atomic E-state index is 0. The van der Waals surface area contributed by atoms with Crippen molar-refractivity contribution in [2.45, 2.75) is 6.92 Å². The molecule has 0 N–H and O–H groups in total. The van der Waals surface area contributed by atoms with Crippen LogP contribution in [0.15, 0.2) is 164 Å². The normalized spacial score (nSPS) is 10.8. The minimum absolute atomic E-state index is 0. The van der Waals surface area contributed by atoms with Crippen LogP contribution in [0.5, 0.6) is 0 Å². The monoisotopic (exact) mass is 825 g/mol. The predicted octanol–water partition coefficient (Wildman–Crippen LogP) is 12.3. The van der Waals surface area contributed by atoms with Crippen LogP contribution in [0.3, 0.4) is 0 Å². The van der Waals surface area contributed by atoms with Gasteiger partial charge in [0.15, 0.2) is 0 Å². The van der Waals surface area contributed by atoms with Crippen molar-refractivity contribution < 1.29 is 21.1 Å². The Balaban J connectivity index is 0.000000152. The van der Waals surface area contributed by atoms with Gasteiger partial charge in [-0.25, -0.2) is 0 Å². The molecule has 0 fully saturated rings. The molecular weight excluding hydrogens is 796 g/mol. The number of pyridine rings is 2. The van der Waals surface area contributed by atoms with E-state index in [4.69, 9.17) is 4.98 Å². The number of aromatic nitrogens is 2. The Labute approximate surface area is 305 Å². The molecule has 9 rings (SSSR count). The van der Waals surface area contributed by atoms with Crippen LogP contribution in [0, 0.1) is 19.1 Å². The third-order valence-corrected chi connectivity index (χ3v) is 9.67. The molecule has 236 valence electrons. The second-order valence-corrected chi connectivity index (χ2v) is 12.8. The van der Waals surface area contributed by atoms with Gasteiger partial charge in [-0.3, -0.25) is 9.97 Å². The number of fused-ring (bicyclic) bond motifs is 4. The largest absolute Gasteiger partial charge is 2.00 e. The van der Waals surface area contributed by atoms with Gasteiger partial charge in [0, 0.05) is 32.5 Å². The molecule has 0 aliphatic heterocycles. The molecule has 6 aromatic carbocycles. The first-order valence-electron chi connectivity index (χ1n) is 16.0. The average Bonchev–Trinajstić information content (AvgIpc) is 3.62. The number of hydrogen-bond donors (Lipinski definition) is 0. The van der Waals surface area contributed by atoms with E-state index in [0.717, 1.165) is 33.4 Å². The molecule has 49 heavy (non-hydrogen) atoms. The van der Waals surface area contributed by atoms with Gasteiger partial charge in [0.1, 0.15) is 0 Å². The molecule has 0 aliphatic rings. The molecule has 3 aromatic heterocycles. The molecule has 3 heterocycles. The van der Waals surface area contributed by atoms with Crippen molar-refractivity contribution in [3.05, 3.63) is 182 Å². The molecule has 4 heteroatoms. The summed E-state index contributed by atoms with van der Waals surface area (Å²) in [6.45, 7) is 2.10. The first kappa shape index (κ1) is 32.3. The van der Waals surface area contributed by atoms with Crippen LogP contribution in [0.2, 0.25) is 0 Å². The van der Waals surface area contributed by atoms with E-state index >= 15 is 0 Å². The Kier molecular flexibility index (Phi) is 9.57. The molecule has 9 aromatic rings. The minimum Gasteiger partial charge on any atom is -0.295 e. The zero-order chi connectivity index (χ0) is 32.3. The van der Waals surface area contributed by atoms with Crippen LogP contribution >= 0.6 is 11.3 Å². The summed E-state index contributed by atoms with van der Waals surface area (Å²) in [5.41, 5.74) is 9.96. The summed E-state index contributed by atoms with van der Waals surface area (Å²) in [6.07, 6.45) is 1.87. The molecule has 0 aliphatic carbocycles. The number of benzene rings is 6. The summed E-state index contributed by atoms with van der Waals surface area (Å²) < 4.78 is 1.22. The summed E-state index contributed by atoms with van der Waals surface area (Å²) >= 11 is 1.80. The van der Waals surface area contributed by atoms with Crippen molar-refractivity contribution in [1.29, 1.82) is 0 Å². The van der Waals surface area contributed by atoms with E-state index in [2.05, 4.69) is 145 Å². The second kappa shape index (κ2) is 14.5. The number of thiophene rings is 1. The van der Waals surface area contributed by atoms with Gasteiger partial charge in [-0.2, -0.15) is 0 Å². The number of para-hydroxylation sites is 1. The summed E-state index contributed by atoms with van der Waals surface area (Å²) in [6, 6.07) is 61.3. The van der Waals surface area contributed by atoms with Crippen molar-refractivity contribution in [1.82, 2.24) is 9.97 Å². The van der Waals surface area contributed by atoms with E-state index in [0.29, 0.717) is 0 Å². The van der Waals surface area contributed by atoms with Gasteiger partial charge in [-0.05, 0) is 47.2 Å². The average molecular weight is 826 g/mol. The number of rotatable bonds is 4. The number of hydrogen-bond acceptors (Lipinski definition) is 3. The van der Waals surface area contributed by atoms with E-state index in [-0.39, 0.29) is 21.1 Å². The molecule has 0 bridgehead atoms. The van der Waals surface area contributed by atoms with Crippen LogP contribution in [0.4, 0.5) is 0 Å². The number of nitrogens with zero attached hydrogens (tertiary/aromatic N) is 2. The maximum absolute atomic E-state index is 4.96.